The van der Waals surface area contributed by atoms with Crippen LogP contribution >= 0.6 is 0 Å². The lowest BCUT2D eigenvalue weighted by atomic mass is 10.00. The summed E-state index contributed by atoms with van der Waals surface area (Å²) in [6, 6.07) is 10.0. The first-order chi connectivity index (χ1) is 7.79. The Hall–Kier alpha value is -1.35. The summed E-state index contributed by atoms with van der Waals surface area (Å²) in [5.74, 6) is 0.509. The van der Waals surface area contributed by atoms with Crippen LogP contribution in [0.1, 0.15) is 12.0 Å². The zero-order valence-corrected chi connectivity index (χ0v) is 9.30. The summed E-state index contributed by atoms with van der Waals surface area (Å²) >= 11 is 0. The van der Waals surface area contributed by atoms with E-state index in [0.717, 1.165) is 19.5 Å². The number of amides is 1. The lowest BCUT2D eigenvalue weighted by Gasteiger charge is -2.38. The summed E-state index contributed by atoms with van der Waals surface area (Å²) < 4.78 is 0. The molecule has 1 N–H and O–H groups in total. The molecule has 1 aliphatic rings. The number of hydrogen-bond acceptors (Lipinski definition) is 2. The predicted octanol–water partition coefficient (Wildman–Crippen LogP) is 1.07. The maximum Gasteiger partial charge on any atom is 0.222 e. The van der Waals surface area contributed by atoms with Crippen LogP contribution in [-0.4, -0.2) is 35.6 Å². The second kappa shape index (κ2) is 5.12. The van der Waals surface area contributed by atoms with E-state index in [9.17, 15) is 4.79 Å². The topological polar surface area (TPSA) is 40.5 Å². The molecule has 1 amide bonds. The summed E-state index contributed by atoms with van der Waals surface area (Å²) in [7, 11) is 0. The van der Waals surface area contributed by atoms with Crippen LogP contribution in [0.4, 0.5) is 0 Å². The minimum Gasteiger partial charge on any atom is -0.396 e. The van der Waals surface area contributed by atoms with Crippen LogP contribution in [0.15, 0.2) is 30.3 Å². The molecule has 0 aromatic heterocycles. The van der Waals surface area contributed by atoms with Gasteiger partial charge in [-0.15, -0.1) is 0 Å². The SMILES string of the molecule is O=C(CCc1ccccc1)N1CC(CO)C1. The van der Waals surface area contributed by atoms with Gasteiger partial charge in [0.2, 0.25) is 5.91 Å². The van der Waals surface area contributed by atoms with E-state index in [-0.39, 0.29) is 12.5 Å². The number of nitrogens with zero attached hydrogens (tertiary/aromatic N) is 1. The summed E-state index contributed by atoms with van der Waals surface area (Å²) in [5, 5.41) is 8.86. The van der Waals surface area contributed by atoms with Crippen molar-refractivity contribution < 1.29 is 9.90 Å². The molecule has 16 heavy (non-hydrogen) atoms. The molecule has 0 unspecified atom stereocenters. The van der Waals surface area contributed by atoms with Gasteiger partial charge in [-0.25, -0.2) is 0 Å². The van der Waals surface area contributed by atoms with E-state index in [1.54, 1.807) is 0 Å². The lowest BCUT2D eigenvalue weighted by molar-refractivity contribution is -0.138. The van der Waals surface area contributed by atoms with Crippen LogP contribution in [0.2, 0.25) is 0 Å². The van der Waals surface area contributed by atoms with E-state index in [2.05, 4.69) is 0 Å². The predicted molar refractivity (Wildman–Crippen MR) is 61.9 cm³/mol. The molecular weight excluding hydrogens is 202 g/mol. The fourth-order valence-corrected chi connectivity index (χ4v) is 1.94. The lowest BCUT2D eigenvalue weighted by Crippen LogP contribution is -2.51. The van der Waals surface area contributed by atoms with E-state index in [0.29, 0.717) is 12.3 Å². The molecule has 0 atom stereocenters. The van der Waals surface area contributed by atoms with Crippen molar-refractivity contribution in [2.45, 2.75) is 12.8 Å². The number of likely N-dealkylation sites (tertiary alicyclic amines) is 1. The van der Waals surface area contributed by atoms with E-state index in [4.69, 9.17) is 5.11 Å². The third-order valence-electron chi connectivity index (χ3n) is 3.04. The molecule has 0 bridgehead atoms. The second-order valence-electron chi connectivity index (χ2n) is 4.33. The van der Waals surface area contributed by atoms with Gasteiger partial charge in [-0.05, 0) is 12.0 Å². The molecule has 3 heteroatoms. The van der Waals surface area contributed by atoms with Crippen molar-refractivity contribution in [2.75, 3.05) is 19.7 Å². The molecule has 0 spiro atoms. The third kappa shape index (κ3) is 2.61. The van der Waals surface area contributed by atoms with E-state index < -0.39 is 0 Å². The molecular formula is C13H17NO2. The Kier molecular flexibility index (Phi) is 3.57. The minimum atomic E-state index is 0.197. The fraction of sp³-hybridized carbons (Fsp3) is 0.462. The van der Waals surface area contributed by atoms with Crippen molar-refractivity contribution >= 4 is 5.91 Å². The number of rotatable bonds is 4. The number of benzene rings is 1. The Bertz CT molecular complexity index is 344. The van der Waals surface area contributed by atoms with Crippen molar-refractivity contribution in [1.29, 1.82) is 0 Å². The standard InChI is InChI=1S/C13H17NO2/c15-10-12-8-14(9-12)13(16)7-6-11-4-2-1-3-5-11/h1-5,12,15H,6-10H2. The fourth-order valence-electron chi connectivity index (χ4n) is 1.94. The highest BCUT2D eigenvalue weighted by Gasteiger charge is 2.29. The molecule has 0 saturated carbocycles. The highest BCUT2D eigenvalue weighted by Crippen LogP contribution is 2.16. The van der Waals surface area contributed by atoms with Crippen molar-refractivity contribution in [2.24, 2.45) is 5.92 Å². The van der Waals surface area contributed by atoms with E-state index in [1.807, 2.05) is 35.2 Å². The summed E-state index contributed by atoms with van der Waals surface area (Å²) in [5.41, 5.74) is 1.20. The number of aliphatic hydroxyl groups excluding tert-OH is 1. The number of hydrogen-bond donors (Lipinski definition) is 1. The number of carbonyl (C=O) groups excluding carboxylic acids is 1. The minimum absolute atomic E-state index is 0.197. The van der Waals surface area contributed by atoms with Crippen molar-refractivity contribution in [3.63, 3.8) is 0 Å². The zero-order chi connectivity index (χ0) is 11.4. The Labute approximate surface area is 95.7 Å². The third-order valence-corrected chi connectivity index (χ3v) is 3.04. The van der Waals surface area contributed by atoms with Gasteiger partial charge in [0.15, 0.2) is 0 Å². The molecule has 1 fully saturated rings. The van der Waals surface area contributed by atoms with Crippen LogP contribution in [0, 0.1) is 5.92 Å². The molecule has 1 heterocycles. The zero-order valence-electron chi connectivity index (χ0n) is 9.30. The molecule has 1 aromatic carbocycles. The summed E-state index contributed by atoms with van der Waals surface area (Å²) in [6.07, 6.45) is 1.38. The average molecular weight is 219 g/mol. The van der Waals surface area contributed by atoms with Crippen molar-refractivity contribution in [3.8, 4) is 0 Å². The number of carbonyl (C=O) groups is 1. The number of aliphatic hydroxyl groups is 1. The molecule has 1 aliphatic heterocycles. The van der Waals surface area contributed by atoms with Gasteiger partial charge in [0.25, 0.3) is 0 Å². The Morgan fingerprint density at radius 2 is 2.00 bits per heavy atom. The van der Waals surface area contributed by atoms with Crippen LogP contribution in [0.5, 0.6) is 0 Å². The summed E-state index contributed by atoms with van der Waals surface area (Å²) in [4.78, 5) is 13.5. The molecule has 3 nitrogen and oxygen atoms in total. The van der Waals surface area contributed by atoms with E-state index in [1.165, 1.54) is 5.56 Å². The van der Waals surface area contributed by atoms with E-state index >= 15 is 0 Å². The molecule has 0 radical (unpaired) electrons. The maximum absolute atomic E-state index is 11.7. The Balaban J connectivity index is 1.73. The highest BCUT2D eigenvalue weighted by molar-refractivity contribution is 5.77. The van der Waals surface area contributed by atoms with Gasteiger partial charge in [0, 0.05) is 32.0 Å². The van der Waals surface area contributed by atoms with Gasteiger partial charge in [-0.3, -0.25) is 4.79 Å². The van der Waals surface area contributed by atoms with Crippen molar-refractivity contribution in [3.05, 3.63) is 35.9 Å². The van der Waals surface area contributed by atoms with Gasteiger partial charge in [0.05, 0.1) is 0 Å². The highest BCUT2D eigenvalue weighted by atomic mass is 16.3. The Morgan fingerprint density at radius 3 is 2.62 bits per heavy atom. The van der Waals surface area contributed by atoms with Crippen LogP contribution in [0.3, 0.4) is 0 Å². The van der Waals surface area contributed by atoms with Crippen molar-refractivity contribution in [1.82, 2.24) is 4.90 Å². The average Bonchev–Trinajstić information content (AvgIpc) is 2.26. The smallest absolute Gasteiger partial charge is 0.222 e. The van der Waals surface area contributed by atoms with Crippen LogP contribution < -0.4 is 0 Å². The molecule has 0 aliphatic carbocycles. The van der Waals surface area contributed by atoms with Crippen LogP contribution in [-0.2, 0) is 11.2 Å². The monoisotopic (exact) mass is 219 g/mol. The second-order valence-corrected chi connectivity index (χ2v) is 4.33. The normalized spacial score (nSPS) is 15.9. The Morgan fingerprint density at radius 1 is 1.31 bits per heavy atom. The first-order valence-corrected chi connectivity index (χ1v) is 5.72. The first kappa shape index (κ1) is 11.1. The molecule has 1 saturated heterocycles. The quantitative estimate of drug-likeness (QED) is 0.823. The molecule has 86 valence electrons. The maximum atomic E-state index is 11.7. The van der Waals surface area contributed by atoms with Gasteiger partial charge in [-0.1, -0.05) is 30.3 Å². The van der Waals surface area contributed by atoms with Crippen LogP contribution in [0.25, 0.3) is 0 Å². The van der Waals surface area contributed by atoms with Gasteiger partial charge < -0.3 is 10.0 Å². The summed E-state index contributed by atoms with van der Waals surface area (Å²) in [6.45, 7) is 1.65. The van der Waals surface area contributed by atoms with Gasteiger partial charge >= 0.3 is 0 Å². The van der Waals surface area contributed by atoms with Gasteiger partial charge in [-0.2, -0.15) is 0 Å². The molecule has 2 rings (SSSR count). The first-order valence-electron chi connectivity index (χ1n) is 5.72. The molecule has 1 aromatic rings. The number of aryl methyl sites for hydroxylation is 1. The van der Waals surface area contributed by atoms with Gasteiger partial charge in [0.1, 0.15) is 0 Å². The largest absolute Gasteiger partial charge is 0.396 e.